The van der Waals surface area contributed by atoms with Gasteiger partial charge in [0.25, 0.3) is 0 Å². The second-order valence-corrected chi connectivity index (χ2v) is 3.95. The molecule has 1 unspecified atom stereocenters. The highest BCUT2D eigenvalue weighted by atomic mass is 16.3. The first kappa shape index (κ1) is 9.83. The minimum atomic E-state index is -0.145. The molecule has 0 fully saturated rings. The first-order valence-corrected chi connectivity index (χ1v) is 4.82. The van der Waals surface area contributed by atoms with Crippen molar-refractivity contribution in [3.05, 3.63) is 17.7 Å². The number of rotatable bonds is 0. The maximum absolute atomic E-state index is 11.7. The summed E-state index contributed by atoms with van der Waals surface area (Å²) in [7, 11) is 1.84. The molecule has 0 amide bonds. The molecule has 1 aliphatic heterocycles. The molecular weight excluding hydrogens is 194 g/mol. The SMILES string of the molecule is CC1CC(=O)c2c(O)cc(O)cc2N1C. The zero-order chi connectivity index (χ0) is 11.2. The van der Waals surface area contributed by atoms with E-state index in [1.54, 1.807) is 0 Å². The van der Waals surface area contributed by atoms with Crippen molar-refractivity contribution in [1.29, 1.82) is 0 Å². The summed E-state index contributed by atoms with van der Waals surface area (Å²) < 4.78 is 0. The fourth-order valence-electron chi connectivity index (χ4n) is 1.91. The van der Waals surface area contributed by atoms with Crippen LogP contribution >= 0.6 is 0 Å². The van der Waals surface area contributed by atoms with Crippen LogP contribution < -0.4 is 4.90 Å². The van der Waals surface area contributed by atoms with Gasteiger partial charge in [0.2, 0.25) is 0 Å². The number of Topliss-reactive ketones (excluding diaryl/α,β-unsaturated/α-hetero) is 1. The molecule has 0 bridgehead atoms. The molecule has 0 radical (unpaired) electrons. The van der Waals surface area contributed by atoms with Gasteiger partial charge in [-0.05, 0) is 6.92 Å². The number of aromatic hydroxyl groups is 2. The summed E-state index contributed by atoms with van der Waals surface area (Å²) in [6, 6.07) is 2.79. The van der Waals surface area contributed by atoms with E-state index in [0.717, 1.165) is 0 Å². The van der Waals surface area contributed by atoms with Gasteiger partial charge in [-0.3, -0.25) is 4.79 Å². The number of anilines is 1. The molecule has 4 heteroatoms. The fourth-order valence-corrected chi connectivity index (χ4v) is 1.91. The number of carbonyl (C=O) groups is 1. The number of carbonyl (C=O) groups excluding carboxylic acids is 1. The van der Waals surface area contributed by atoms with Gasteiger partial charge in [0.15, 0.2) is 5.78 Å². The molecule has 2 rings (SSSR count). The van der Waals surface area contributed by atoms with E-state index in [1.165, 1.54) is 12.1 Å². The normalized spacial score (nSPS) is 20.3. The average molecular weight is 207 g/mol. The topological polar surface area (TPSA) is 60.8 Å². The lowest BCUT2D eigenvalue weighted by Gasteiger charge is -2.33. The number of phenolic OH excluding ortho intramolecular Hbond substituents is 2. The highest BCUT2D eigenvalue weighted by Gasteiger charge is 2.29. The smallest absolute Gasteiger partial charge is 0.170 e. The highest BCUT2D eigenvalue weighted by Crippen LogP contribution is 2.38. The van der Waals surface area contributed by atoms with Crippen molar-refractivity contribution in [3.63, 3.8) is 0 Å². The van der Waals surface area contributed by atoms with Crippen molar-refractivity contribution in [2.24, 2.45) is 0 Å². The molecule has 0 aliphatic carbocycles. The Hall–Kier alpha value is -1.71. The molecule has 1 atom stereocenters. The van der Waals surface area contributed by atoms with Gasteiger partial charge >= 0.3 is 0 Å². The first-order valence-electron chi connectivity index (χ1n) is 4.82. The Balaban J connectivity index is 2.65. The van der Waals surface area contributed by atoms with E-state index in [4.69, 9.17) is 0 Å². The van der Waals surface area contributed by atoms with Crippen molar-refractivity contribution in [2.45, 2.75) is 19.4 Å². The predicted octanol–water partition coefficient (Wildman–Crippen LogP) is 1.51. The standard InChI is InChI=1S/C11H13NO3/c1-6-3-9(14)11-8(12(6)2)4-7(13)5-10(11)15/h4-6,13,15H,3H2,1-2H3. The Morgan fingerprint density at radius 2 is 2.07 bits per heavy atom. The lowest BCUT2D eigenvalue weighted by atomic mass is 9.95. The van der Waals surface area contributed by atoms with Gasteiger partial charge in [-0.2, -0.15) is 0 Å². The minimum Gasteiger partial charge on any atom is -0.508 e. The molecule has 0 saturated heterocycles. The van der Waals surface area contributed by atoms with Crippen LogP contribution in [0.1, 0.15) is 23.7 Å². The molecule has 1 aromatic carbocycles. The van der Waals surface area contributed by atoms with Crippen molar-refractivity contribution >= 4 is 11.5 Å². The van der Waals surface area contributed by atoms with Crippen molar-refractivity contribution in [3.8, 4) is 11.5 Å². The number of benzene rings is 1. The minimum absolute atomic E-state index is 0.0278. The van der Waals surface area contributed by atoms with E-state index in [2.05, 4.69) is 0 Å². The molecular formula is C11H13NO3. The molecule has 1 aliphatic rings. The average Bonchev–Trinajstić information content (AvgIpc) is 2.12. The van der Waals surface area contributed by atoms with Crippen LogP contribution in [-0.4, -0.2) is 29.1 Å². The van der Waals surface area contributed by atoms with E-state index >= 15 is 0 Å². The second-order valence-electron chi connectivity index (χ2n) is 3.95. The van der Waals surface area contributed by atoms with E-state index in [1.807, 2.05) is 18.9 Å². The summed E-state index contributed by atoms with van der Waals surface area (Å²) in [6.07, 6.45) is 0.391. The van der Waals surface area contributed by atoms with Crippen LogP contribution in [0.2, 0.25) is 0 Å². The Morgan fingerprint density at radius 3 is 2.73 bits per heavy atom. The molecule has 80 valence electrons. The van der Waals surface area contributed by atoms with Crippen LogP contribution in [0, 0.1) is 0 Å². The van der Waals surface area contributed by atoms with Crippen LogP contribution in [0.15, 0.2) is 12.1 Å². The summed E-state index contributed by atoms with van der Waals surface area (Å²) in [4.78, 5) is 13.6. The number of fused-ring (bicyclic) bond motifs is 1. The molecule has 4 nitrogen and oxygen atoms in total. The summed E-state index contributed by atoms with van der Waals surface area (Å²) >= 11 is 0. The predicted molar refractivity (Wildman–Crippen MR) is 56.6 cm³/mol. The van der Waals surface area contributed by atoms with Crippen molar-refractivity contribution < 1.29 is 15.0 Å². The van der Waals surface area contributed by atoms with Gasteiger partial charge in [0.1, 0.15) is 11.5 Å². The quantitative estimate of drug-likeness (QED) is 0.677. The molecule has 0 saturated carbocycles. The summed E-state index contributed by atoms with van der Waals surface area (Å²) in [5.41, 5.74) is 0.907. The molecule has 1 aromatic rings. The van der Waals surface area contributed by atoms with Crippen molar-refractivity contribution in [2.75, 3.05) is 11.9 Å². The number of hydrogen-bond donors (Lipinski definition) is 2. The zero-order valence-electron chi connectivity index (χ0n) is 8.69. The lowest BCUT2D eigenvalue weighted by Crippen LogP contribution is -2.36. The maximum atomic E-state index is 11.7. The van der Waals surface area contributed by atoms with E-state index in [0.29, 0.717) is 17.7 Å². The van der Waals surface area contributed by atoms with Crippen LogP contribution in [-0.2, 0) is 0 Å². The molecule has 2 N–H and O–H groups in total. The second kappa shape index (κ2) is 3.15. The number of ketones is 1. The first-order chi connectivity index (χ1) is 7.00. The van der Waals surface area contributed by atoms with Gasteiger partial charge in [-0.25, -0.2) is 0 Å². The Kier molecular flexibility index (Phi) is 2.07. The highest BCUT2D eigenvalue weighted by molar-refractivity contribution is 6.06. The largest absolute Gasteiger partial charge is 0.508 e. The van der Waals surface area contributed by atoms with Crippen LogP contribution in [0.4, 0.5) is 5.69 Å². The fraction of sp³-hybridized carbons (Fsp3) is 0.364. The molecule has 0 spiro atoms. The van der Waals surface area contributed by atoms with Gasteiger partial charge < -0.3 is 15.1 Å². The van der Waals surface area contributed by atoms with Gasteiger partial charge in [0.05, 0.1) is 11.3 Å². The Morgan fingerprint density at radius 1 is 1.40 bits per heavy atom. The van der Waals surface area contributed by atoms with E-state index < -0.39 is 0 Å². The third-order valence-electron chi connectivity index (χ3n) is 2.88. The number of nitrogens with zero attached hydrogens (tertiary/aromatic N) is 1. The van der Waals surface area contributed by atoms with Gasteiger partial charge in [0, 0.05) is 31.6 Å². The zero-order valence-corrected chi connectivity index (χ0v) is 8.69. The monoisotopic (exact) mass is 207 g/mol. The number of phenols is 2. The Bertz CT molecular complexity index is 428. The maximum Gasteiger partial charge on any atom is 0.170 e. The molecule has 1 heterocycles. The number of hydrogen-bond acceptors (Lipinski definition) is 4. The lowest BCUT2D eigenvalue weighted by molar-refractivity contribution is 0.0967. The van der Waals surface area contributed by atoms with Crippen LogP contribution in [0.5, 0.6) is 11.5 Å². The third-order valence-corrected chi connectivity index (χ3v) is 2.88. The summed E-state index contributed by atoms with van der Waals surface area (Å²) in [5.74, 6) is -0.248. The van der Waals surface area contributed by atoms with Crippen LogP contribution in [0.25, 0.3) is 0 Å². The van der Waals surface area contributed by atoms with Crippen molar-refractivity contribution in [1.82, 2.24) is 0 Å². The summed E-state index contributed by atoms with van der Waals surface area (Å²) in [5, 5.41) is 19.0. The van der Waals surface area contributed by atoms with E-state index in [9.17, 15) is 15.0 Å². The van der Waals surface area contributed by atoms with Crippen LogP contribution in [0.3, 0.4) is 0 Å². The Labute approximate surface area is 87.8 Å². The molecule has 0 aromatic heterocycles. The van der Waals surface area contributed by atoms with Gasteiger partial charge in [-0.1, -0.05) is 0 Å². The third kappa shape index (κ3) is 1.42. The molecule has 15 heavy (non-hydrogen) atoms. The summed E-state index contributed by atoms with van der Waals surface area (Å²) in [6.45, 7) is 1.93. The van der Waals surface area contributed by atoms with E-state index in [-0.39, 0.29) is 23.3 Å². The van der Waals surface area contributed by atoms with Gasteiger partial charge in [-0.15, -0.1) is 0 Å².